The molecular formula is C14H13FN4OS. The molecule has 1 amide bonds. The number of thiophene rings is 1. The van der Waals surface area contributed by atoms with E-state index in [1.165, 1.54) is 12.1 Å². The highest BCUT2D eigenvalue weighted by Gasteiger charge is 2.22. The van der Waals surface area contributed by atoms with Gasteiger partial charge in [-0.25, -0.2) is 4.39 Å². The van der Waals surface area contributed by atoms with Crippen LogP contribution in [0.4, 0.5) is 15.1 Å². The highest BCUT2D eigenvalue weighted by molar-refractivity contribution is 7.17. The van der Waals surface area contributed by atoms with Crippen LogP contribution in [0.5, 0.6) is 0 Å². The van der Waals surface area contributed by atoms with Gasteiger partial charge in [-0.2, -0.15) is 5.26 Å². The summed E-state index contributed by atoms with van der Waals surface area (Å²) in [5.74, 6) is -1.02. The predicted molar refractivity (Wildman–Crippen MR) is 80.5 cm³/mol. The number of carbonyl (C=O) groups is 1. The van der Waals surface area contributed by atoms with Gasteiger partial charge in [0, 0.05) is 13.6 Å². The molecule has 1 aromatic heterocycles. The normalized spacial score (nSPS) is 10.1. The van der Waals surface area contributed by atoms with Crippen molar-refractivity contribution in [1.82, 2.24) is 0 Å². The molecule has 0 aliphatic rings. The summed E-state index contributed by atoms with van der Waals surface area (Å²) in [5, 5.41) is 9.51. The van der Waals surface area contributed by atoms with Crippen LogP contribution in [-0.2, 0) is 6.54 Å². The summed E-state index contributed by atoms with van der Waals surface area (Å²) in [6, 6.07) is 8.08. The van der Waals surface area contributed by atoms with E-state index in [2.05, 4.69) is 0 Å². The number of nitrogens with zero attached hydrogens (tertiary/aromatic N) is 2. The molecule has 0 unspecified atom stereocenters. The molecule has 2 aromatic rings. The zero-order valence-electron chi connectivity index (χ0n) is 11.3. The minimum Gasteiger partial charge on any atom is -0.396 e. The third-order valence-corrected chi connectivity index (χ3v) is 4.15. The average Bonchev–Trinajstić information content (AvgIpc) is 2.75. The number of nitriles is 1. The Morgan fingerprint density at radius 2 is 2.24 bits per heavy atom. The van der Waals surface area contributed by atoms with E-state index < -0.39 is 5.91 Å². The fraction of sp³-hybridized carbons (Fsp3) is 0.143. The Bertz CT molecular complexity index is 735. The van der Waals surface area contributed by atoms with Crippen molar-refractivity contribution in [2.45, 2.75) is 6.54 Å². The van der Waals surface area contributed by atoms with Crippen molar-refractivity contribution in [3.8, 4) is 6.07 Å². The van der Waals surface area contributed by atoms with Crippen LogP contribution in [0.3, 0.4) is 0 Å². The second-order valence-corrected chi connectivity index (χ2v) is 5.49. The van der Waals surface area contributed by atoms with Crippen molar-refractivity contribution in [3.63, 3.8) is 0 Å². The van der Waals surface area contributed by atoms with E-state index in [0.29, 0.717) is 11.5 Å². The van der Waals surface area contributed by atoms with E-state index in [9.17, 15) is 9.18 Å². The molecule has 5 nitrogen and oxygen atoms in total. The van der Waals surface area contributed by atoms with Gasteiger partial charge in [0.05, 0.1) is 11.3 Å². The van der Waals surface area contributed by atoms with E-state index in [1.54, 1.807) is 24.1 Å². The van der Waals surface area contributed by atoms with E-state index >= 15 is 0 Å². The lowest BCUT2D eigenvalue weighted by atomic mass is 10.2. The standard InChI is InChI=1S/C14H13FN4OS/c1-19(7-8-3-2-4-9(15)5-8)14-11(13(18)20)12(17)10(6-16)21-14/h2-5H,7,17H2,1H3,(H2,18,20). The van der Waals surface area contributed by atoms with Crippen molar-refractivity contribution in [3.05, 3.63) is 46.1 Å². The molecule has 0 fully saturated rings. The second-order valence-electron chi connectivity index (χ2n) is 4.49. The van der Waals surface area contributed by atoms with Crippen LogP contribution in [-0.4, -0.2) is 13.0 Å². The van der Waals surface area contributed by atoms with Crippen molar-refractivity contribution in [2.75, 3.05) is 17.7 Å². The van der Waals surface area contributed by atoms with Gasteiger partial charge < -0.3 is 16.4 Å². The number of rotatable bonds is 4. The van der Waals surface area contributed by atoms with Gasteiger partial charge in [0.25, 0.3) is 5.91 Å². The molecule has 1 aromatic carbocycles. The van der Waals surface area contributed by atoms with Gasteiger partial charge in [0.2, 0.25) is 0 Å². The molecule has 4 N–H and O–H groups in total. The van der Waals surface area contributed by atoms with E-state index in [-0.39, 0.29) is 21.9 Å². The summed E-state index contributed by atoms with van der Waals surface area (Å²) < 4.78 is 13.2. The Kier molecular flexibility index (Phi) is 4.10. The first-order valence-electron chi connectivity index (χ1n) is 6.01. The molecule has 0 bridgehead atoms. The van der Waals surface area contributed by atoms with Crippen LogP contribution >= 0.6 is 11.3 Å². The summed E-state index contributed by atoms with van der Waals surface area (Å²) in [5.41, 5.74) is 12.1. The topological polar surface area (TPSA) is 96.1 Å². The summed E-state index contributed by atoms with van der Waals surface area (Å²) in [7, 11) is 1.73. The zero-order chi connectivity index (χ0) is 15.6. The van der Waals surface area contributed by atoms with E-state index in [4.69, 9.17) is 16.7 Å². The molecule has 0 radical (unpaired) electrons. The Morgan fingerprint density at radius 1 is 1.52 bits per heavy atom. The first kappa shape index (κ1) is 14.8. The summed E-state index contributed by atoms with van der Waals surface area (Å²) >= 11 is 1.09. The molecule has 0 aliphatic carbocycles. The van der Waals surface area contributed by atoms with Gasteiger partial charge in [-0.3, -0.25) is 4.79 Å². The third kappa shape index (κ3) is 2.95. The van der Waals surface area contributed by atoms with Crippen LogP contribution in [0.15, 0.2) is 24.3 Å². The molecule has 0 saturated carbocycles. The number of hydrogen-bond donors (Lipinski definition) is 2. The Balaban J connectivity index is 2.37. The number of halogens is 1. The van der Waals surface area contributed by atoms with E-state index in [0.717, 1.165) is 16.9 Å². The van der Waals surface area contributed by atoms with Crippen LogP contribution in [0.2, 0.25) is 0 Å². The Hall–Kier alpha value is -2.59. The van der Waals surface area contributed by atoms with E-state index in [1.807, 2.05) is 6.07 Å². The van der Waals surface area contributed by atoms with Crippen LogP contribution in [0, 0.1) is 17.1 Å². The highest BCUT2D eigenvalue weighted by atomic mass is 32.1. The number of benzene rings is 1. The predicted octanol–water partition coefficient (Wildman–Crippen LogP) is 2.08. The minimum atomic E-state index is -0.689. The number of nitrogen functional groups attached to an aromatic ring is 1. The monoisotopic (exact) mass is 304 g/mol. The molecule has 0 saturated heterocycles. The van der Waals surface area contributed by atoms with Crippen molar-refractivity contribution in [1.29, 1.82) is 5.26 Å². The van der Waals surface area contributed by atoms with Gasteiger partial charge in [0.1, 0.15) is 21.8 Å². The maximum Gasteiger partial charge on any atom is 0.253 e. The molecule has 7 heteroatoms. The number of carbonyl (C=O) groups excluding carboxylic acids is 1. The maximum atomic E-state index is 13.2. The smallest absolute Gasteiger partial charge is 0.253 e. The quantitative estimate of drug-likeness (QED) is 0.903. The van der Waals surface area contributed by atoms with Crippen molar-refractivity contribution < 1.29 is 9.18 Å². The fourth-order valence-electron chi connectivity index (χ4n) is 2.00. The SMILES string of the molecule is CN(Cc1cccc(F)c1)c1sc(C#N)c(N)c1C(N)=O. The molecule has 108 valence electrons. The maximum absolute atomic E-state index is 13.2. The first-order chi connectivity index (χ1) is 9.93. The molecule has 1 heterocycles. The van der Waals surface area contributed by atoms with Crippen LogP contribution in [0.25, 0.3) is 0 Å². The van der Waals surface area contributed by atoms with Crippen LogP contribution in [0.1, 0.15) is 20.8 Å². The number of hydrogen-bond acceptors (Lipinski definition) is 5. The molecule has 0 aliphatic heterocycles. The van der Waals surface area contributed by atoms with Crippen molar-refractivity contribution in [2.24, 2.45) is 5.73 Å². The number of amides is 1. The van der Waals surface area contributed by atoms with Crippen LogP contribution < -0.4 is 16.4 Å². The third-order valence-electron chi connectivity index (χ3n) is 2.93. The number of primary amides is 1. The van der Waals surface area contributed by atoms with Gasteiger partial charge >= 0.3 is 0 Å². The van der Waals surface area contributed by atoms with Gasteiger partial charge in [-0.05, 0) is 17.7 Å². The summed E-state index contributed by atoms with van der Waals surface area (Å²) in [4.78, 5) is 13.5. The fourth-order valence-corrected chi connectivity index (χ4v) is 2.99. The summed E-state index contributed by atoms with van der Waals surface area (Å²) in [6.07, 6.45) is 0. The Morgan fingerprint density at radius 3 is 2.81 bits per heavy atom. The lowest BCUT2D eigenvalue weighted by Crippen LogP contribution is -2.21. The molecule has 0 spiro atoms. The van der Waals surface area contributed by atoms with Gasteiger partial charge in [-0.1, -0.05) is 12.1 Å². The molecule has 0 atom stereocenters. The molecule has 2 rings (SSSR count). The summed E-state index contributed by atoms with van der Waals surface area (Å²) in [6.45, 7) is 0.364. The van der Waals surface area contributed by atoms with Gasteiger partial charge in [-0.15, -0.1) is 11.3 Å². The second kappa shape index (κ2) is 5.81. The lowest BCUT2D eigenvalue weighted by Gasteiger charge is -2.18. The lowest BCUT2D eigenvalue weighted by molar-refractivity contribution is 0.100. The Labute approximate surface area is 125 Å². The number of nitrogens with two attached hydrogens (primary N) is 2. The van der Waals surface area contributed by atoms with Crippen molar-refractivity contribution >= 4 is 27.9 Å². The van der Waals surface area contributed by atoms with Gasteiger partial charge in [0.15, 0.2) is 0 Å². The average molecular weight is 304 g/mol. The first-order valence-corrected chi connectivity index (χ1v) is 6.83. The zero-order valence-corrected chi connectivity index (χ0v) is 12.1. The largest absolute Gasteiger partial charge is 0.396 e. The molecular weight excluding hydrogens is 291 g/mol. The molecule has 21 heavy (non-hydrogen) atoms. The number of anilines is 2. The highest BCUT2D eigenvalue weighted by Crippen LogP contribution is 2.37. The minimum absolute atomic E-state index is 0.0936.